The van der Waals surface area contributed by atoms with Gasteiger partial charge in [-0.3, -0.25) is 4.79 Å². The predicted octanol–water partition coefficient (Wildman–Crippen LogP) is 2.56. The molecule has 1 aliphatic rings. The average molecular weight is 372 g/mol. The number of hydrogen-bond donors (Lipinski definition) is 1. The van der Waals surface area contributed by atoms with Crippen LogP contribution in [0.2, 0.25) is 0 Å². The van der Waals surface area contributed by atoms with Crippen LogP contribution in [-0.4, -0.2) is 53.0 Å². The third kappa shape index (κ3) is 4.83. The summed E-state index contributed by atoms with van der Waals surface area (Å²) in [6.07, 6.45) is 0. The fourth-order valence-electron chi connectivity index (χ4n) is 2.87. The van der Waals surface area contributed by atoms with Crippen LogP contribution in [0.4, 0.5) is 11.4 Å². The Morgan fingerprint density at radius 2 is 1.67 bits per heavy atom. The van der Waals surface area contributed by atoms with Crippen LogP contribution in [0.15, 0.2) is 42.5 Å². The number of para-hydroxylation sites is 1. The van der Waals surface area contributed by atoms with Crippen LogP contribution in [0.5, 0.6) is 17.2 Å². The Morgan fingerprint density at radius 3 is 2.26 bits per heavy atom. The standard InChI is InChI=1S/C20H24N2O5/c1-24-17-4-3-5-18(25-2)20(17)27-14-19(23)21-15-6-8-16(9-7-15)22-10-12-26-13-11-22/h3-9H,10-14H2,1-2H3,(H,21,23). The van der Waals surface area contributed by atoms with Crippen LogP contribution in [0.1, 0.15) is 0 Å². The first kappa shape index (κ1) is 18.8. The number of morpholine rings is 1. The molecule has 27 heavy (non-hydrogen) atoms. The quantitative estimate of drug-likeness (QED) is 0.806. The zero-order valence-corrected chi connectivity index (χ0v) is 15.6. The van der Waals surface area contributed by atoms with Gasteiger partial charge in [0.1, 0.15) is 0 Å². The van der Waals surface area contributed by atoms with Gasteiger partial charge >= 0.3 is 0 Å². The van der Waals surface area contributed by atoms with Crippen LogP contribution in [-0.2, 0) is 9.53 Å². The fraction of sp³-hybridized carbons (Fsp3) is 0.350. The lowest BCUT2D eigenvalue weighted by molar-refractivity contribution is -0.118. The highest BCUT2D eigenvalue weighted by atomic mass is 16.5. The number of nitrogens with one attached hydrogen (secondary N) is 1. The number of rotatable bonds is 7. The molecule has 1 heterocycles. The number of methoxy groups -OCH3 is 2. The average Bonchev–Trinajstić information content (AvgIpc) is 2.73. The number of nitrogens with zero attached hydrogens (tertiary/aromatic N) is 1. The van der Waals surface area contributed by atoms with E-state index in [2.05, 4.69) is 10.2 Å². The lowest BCUT2D eigenvalue weighted by Gasteiger charge is -2.28. The van der Waals surface area contributed by atoms with Gasteiger partial charge in [0.2, 0.25) is 5.75 Å². The first-order chi connectivity index (χ1) is 13.2. The molecular weight excluding hydrogens is 348 g/mol. The molecule has 144 valence electrons. The van der Waals surface area contributed by atoms with Crippen molar-refractivity contribution in [2.75, 3.05) is 57.3 Å². The van der Waals surface area contributed by atoms with Crippen LogP contribution < -0.4 is 24.4 Å². The second kappa shape index (κ2) is 9.14. The minimum Gasteiger partial charge on any atom is -0.493 e. The van der Waals surface area contributed by atoms with E-state index in [1.807, 2.05) is 24.3 Å². The summed E-state index contributed by atoms with van der Waals surface area (Å²) in [5, 5.41) is 2.83. The normalized spacial score (nSPS) is 13.8. The van der Waals surface area contributed by atoms with Crippen molar-refractivity contribution in [3.8, 4) is 17.2 Å². The molecule has 3 rings (SSSR count). The van der Waals surface area contributed by atoms with Crippen molar-refractivity contribution in [3.05, 3.63) is 42.5 Å². The van der Waals surface area contributed by atoms with Crippen molar-refractivity contribution in [2.45, 2.75) is 0 Å². The second-order valence-corrected chi connectivity index (χ2v) is 5.97. The van der Waals surface area contributed by atoms with Gasteiger partial charge in [0.05, 0.1) is 27.4 Å². The maximum absolute atomic E-state index is 12.2. The molecule has 0 aromatic heterocycles. The van der Waals surface area contributed by atoms with Crippen molar-refractivity contribution in [1.29, 1.82) is 0 Å². The van der Waals surface area contributed by atoms with E-state index in [4.69, 9.17) is 18.9 Å². The van der Waals surface area contributed by atoms with E-state index in [-0.39, 0.29) is 12.5 Å². The largest absolute Gasteiger partial charge is 0.493 e. The molecule has 7 nitrogen and oxygen atoms in total. The monoisotopic (exact) mass is 372 g/mol. The molecule has 1 aliphatic heterocycles. The Labute approximate surface area is 158 Å². The summed E-state index contributed by atoms with van der Waals surface area (Å²) < 4.78 is 21.5. The molecule has 0 aliphatic carbocycles. The van der Waals surface area contributed by atoms with Crippen molar-refractivity contribution in [1.82, 2.24) is 0 Å². The van der Waals surface area contributed by atoms with Crippen LogP contribution >= 0.6 is 0 Å². The van der Waals surface area contributed by atoms with E-state index in [0.717, 1.165) is 32.0 Å². The number of carbonyl (C=O) groups is 1. The minimum absolute atomic E-state index is 0.151. The maximum atomic E-state index is 12.2. The molecule has 1 saturated heterocycles. The molecule has 0 radical (unpaired) electrons. The van der Waals surface area contributed by atoms with Gasteiger partial charge in [-0.2, -0.15) is 0 Å². The summed E-state index contributed by atoms with van der Waals surface area (Å²) in [7, 11) is 3.08. The smallest absolute Gasteiger partial charge is 0.262 e. The summed E-state index contributed by atoms with van der Waals surface area (Å²) in [6.45, 7) is 3.08. The predicted molar refractivity (Wildman–Crippen MR) is 103 cm³/mol. The van der Waals surface area contributed by atoms with Crippen LogP contribution in [0, 0.1) is 0 Å². The molecule has 1 fully saturated rings. The number of benzene rings is 2. The van der Waals surface area contributed by atoms with Gasteiger partial charge in [-0.25, -0.2) is 0 Å². The van der Waals surface area contributed by atoms with Gasteiger partial charge in [0.25, 0.3) is 5.91 Å². The van der Waals surface area contributed by atoms with E-state index in [0.29, 0.717) is 22.9 Å². The first-order valence-electron chi connectivity index (χ1n) is 8.77. The Kier molecular flexibility index (Phi) is 6.38. The lowest BCUT2D eigenvalue weighted by atomic mass is 10.2. The summed E-state index contributed by atoms with van der Waals surface area (Å²) in [4.78, 5) is 14.5. The maximum Gasteiger partial charge on any atom is 0.262 e. The van der Waals surface area contributed by atoms with Crippen LogP contribution in [0.25, 0.3) is 0 Å². The lowest BCUT2D eigenvalue weighted by Crippen LogP contribution is -2.36. The summed E-state index contributed by atoms with van der Waals surface area (Å²) in [5.74, 6) is 1.16. The van der Waals surface area contributed by atoms with Gasteiger partial charge < -0.3 is 29.2 Å². The third-order valence-corrected chi connectivity index (χ3v) is 4.26. The highest BCUT2D eigenvalue weighted by Crippen LogP contribution is 2.36. The number of hydrogen-bond acceptors (Lipinski definition) is 6. The van der Waals surface area contributed by atoms with E-state index >= 15 is 0 Å². The molecule has 0 unspecified atom stereocenters. The number of amides is 1. The van der Waals surface area contributed by atoms with Gasteiger partial charge in [0, 0.05) is 24.5 Å². The van der Waals surface area contributed by atoms with E-state index < -0.39 is 0 Å². The highest BCUT2D eigenvalue weighted by molar-refractivity contribution is 5.92. The Hall–Kier alpha value is -2.93. The first-order valence-corrected chi connectivity index (χ1v) is 8.77. The molecule has 0 bridgehead atoms. The van der Waals surface area contributed by atoms with Crippen molar-refractivity contribution >= 4 is 17.3 Å². The van der Waals surface area contributed by atoms with Crippen molar-refractivity contribution < 1.29 is 23.7 Å². The number of carbonyl (C=O) groups excluding carboxylic acids is 1. The zero-order valence-electron chi connectivity index (χ0n) is 15.6. The van der Waals surface area contributed by atoms with Gasteiger partial charge in [0.15, 0.2) is 18.1 Å². The van der Waals surface area contributed by atoms with Crippen molar-refractivity contribution in [2.24, 2.45) is 0 Å². The Balaban J connectivity index is 1.57. The zero-order chi connectivity index (χ0) is 19.1. The van der Waals surface area contributed by atoms with Crippen molar-refractivity contribution in [3.63, 3.8) is 0 Å². The summed E-state index contributed by atoms with van der Waals surface area (Å²) >= 11 is 0. The second-order valence-electron chi connectivity index (χ2n) is 5.97. The Morgan fingerprint density at radius 1 is 1.04 bits per heavy atom. The molecular formula is C20H24N2O5. The van der Waals surface area contributed by atoms with Gasteiger partial charge in [-0.1, -0.05) is 6.07 Å². The molecule has 1 N–H and O–H groups in total. The Bertz CT molecular complexity index is 735. The SMILES string of the molecule is COc1cccc(OC)c1OCC(=O)Nc1ccc(N2CCOCC2)cc1. The summed E-state index contributed by atoms with van der Waals surface area (Å²) in [5.41, 5.74) is 1.83. The number of ether oxygens (including phenoxy) is 4. The van der Waals surface area contributed by atoms with Crippen LogP contribution in [0.3, 0.4) is 0 Å². The highest BCUT2D eigenvalue weighted by Gasteiger charge is 2.14. The molecule has 0 saturated carbocycles. The molecule has 0 spiro atoms. The van der Waals surface area contributed by atoms with Gasteiger partial charge in [-0.15, -0.1) is 0 Å². The fourth-order valence-corrected chi connectivity index (χ4v) is 2.87. The van der Waals surface area contributed by atoms with E-state index in [1.54, 1.807) is 18.2 Å². The summed E-state index contributed by atoms with van der Waals surface area (Å²) in [6, 6.07) is 13.0. The molecule has 2 aromatic rings. The van der Waals surface area contributed by atoms with E-state index in [1.165, 1.54) is 14.2 Å². The molecule has 0 atom stereocenters. The topological polar surface area (TPSA) is 69.3 Å². The molecule has 2 aromatic carbocycles. The minimum atomic E-state index is -0.262. The van der Waals surface area contributed by atoms with Gasteiger partial charge in [-0.05, 0) is 36.4 Å². The van der Waals surface area contributed by atoms with E-state index in [9.17, 15) is 4.79 Å². The molecule has 1 amide bonds. The third-order valence-electron chi connectivity index (χ3n) is 4.26. The number of anilines is 2. The molecule has 7 heteroatoms.